The molecular formula is C10H16N2O2. The number of hydrogen-bond donors (Lipinski definition) is 2. The van der Waals surface area contributed by atoms with E-state index in [0.717, 1.165) is 31.8 Å². The van der Waals surface area contributed by atoms with Crippen LogP contribution in [0.15, 0.2) is 22.8 Å². The summed E-state index contributed by atoms with van der Waals surface area (Å²) in [4.78, 5) is 0. The number of nitrogens with one attached hydrogen (secondary N) is 1. The third-order valence-electron chi connectivity index (χ3n) is 2.68. The molecule has 2 rings (SSSR count). The molecule has 0 radical (unpaired) electrons. The molecule has 0 amide bonds. The number of hydrogen-bond acceptors (Lipinski definition) is 4. The van der Waals surface area contributed by atoms with Crippen LogP contribution in [0.4, 0.5) is 0 Å². The first-order valence-corrected chi connectivity index (χ1v) is 4.97. The van der Waals surface area contributed by atoms with Gasteiger partial charge in [-0.2, -0.15) is 0 Å². The molecule has 2 atom stereocenters. The van der Waals surface area contributed by atoms with Crippen molar-refractivity contribution in [3.63, 3.8) is 0 Å². The molecule has 4 heteroatoms. The zero-order valence-corrected chi connectivity index (χ0v) is 8.11. The molecule has 0 saturated carbocycles. The first kappa shape index (κ1) is 9.71. The van der Waals surface area contributed by atoms with Crippen LogP contribution in [0, 0.1) is 5.92 Å². The van der Waals surface area contributed by atoms with Gasteiger partial charge in [-0.25, -0.2) is 5.43 Å². The normalized spacial score (nSPS) is 23.9. The van der Waals surface area contributed by atoms with Crippen LogP contribution in [0.1, 0.15) is 24.6 Å². The van der Waals surface area contributed by atoms with Gasteiger partial charge in [0.05, 0.1) is 12.3 Å². The molecule has 78 valence electrons. The van der Waals surface area contributed by atoms with E-state index in [-0.39, 0.29) is 6.04 Å². The number of hydrazine groups is 1. The van der Waals surface area contributed by atoms with Crippen molar-refractivity contribution >= 4 is 0 Å². The van der Waals surface area contributed by atoms with Gasteiger partial charge < -0.3 is 9.15 Å². The van der Waals surface area contributed by atoms with Crippen molar-refractivity contribution < 1.29 is 9.15 Å². The highest BCUT2D eigenvalue weighted by molar-refractivity contribution is 5.04. The second-order valence-electron chi connectivity index (χ2n) is 3.70. The highest BCUT2D eigenvalue weighted by Crippen LogP contribution is 2.25. The molecular weight excluding hydrogens is 180 g/mol. The summed E-state index contributed by atoms with van der Waals surface area (Å²) < 4.78 is 10.6. The summed E-state index contributed by atoms with van der Waals surface area (Å²) in [6, 6.07) is 3.93. The molecule has 3 N–H and O–H groups in total. The zero-order chi connectivity index (χ0) is 9.80. The molecule has 2 unspecified atom stereocenters. The van der Waals surface area contributed by atoms with Gasteiger partial charge in [-0.3, -0.25) is 5.84 Å². The average molecular weight is 196 g/mol. The van der Waals surface area contributed by atoms with Crippen molar-refractivity contribution in [1.29, 1.82) is 0 Å². The summed E-state index contributed by atoms with van der Waals surface area (Å²) in [5, 5.41) is 0. The maximum atomic E-state index is 5.49. The van der Waals surface area contributed by atoms with Gasteiger partial charge in [0.15, 0.2) is 0 Å². The van der Waals surface area contributed by atoms with E-state index in [0.29, 0.717) is 5.92 Å². The van der Waals surface area contributed by atoms with Crippen molar-refractivity contribution in [3.8, 4) is 0 Å². The summed E-state index contributed by atoms with van der Waals surface area (Å²) in [5.74, 6) is 6.99. The monoisotopic (exact) mass is 196 g/mol. The van der Waals surface area contributed by atoms with Crippen LogP contribution in [-0.4, -0.2) is 13.2 Å². The number of rotatable bonds is 4. The van der Waals surface area contributed by atoms with Crippen molar-refractivity contribution in [1.82, 2.24) is 5.43 Å². The molecule has 0 bridgehead atoms. The summed E-state index contributed by atoms with van der Waals surface area (Å²) in [7, 11) is 0. The molecule has 1 saturated heterocycles. The van der Waals surface area contributed by atoms with Crippen LogP contribution in [0.5, 0.6) is 0 Å². The molecule has 0 aromatic carbocycles. The fourth-order valence-corrected chi connectivity index (χ4v) is 1.86. The van der Waals surface area contributed by atoms with E-state index >= 15 is 0 Å². The minimum Gasteiger partial charge on any atom is -0.468 e. The Morgan fingerprint density at radius 3 is 3.14 bits per heavy atom. The molecule has 0 spiro atoms. The predicted octanol–water partition coefficient (Wildman–Crippen LogP) is 1.21. The average Bonchev–Trinajstić information content (AvgIpc) is 2.86. The number of nitrogens with two attached hydrogens (primary N) is 1. The maximum absolute atomic E-state index is 5.49. The third-order valence-corrected chi connectivity index (χ3v) is 2.68. The summed E-state index contributed by atoms with van der Waals surface area (Å²) in [6.45, 7) is 1.72. The first-order valence-electron chi connectivity index (χ1n) is 4.97. The summed E-state index contributed by atoms with van der Waals surface area (Å²) in [6.07, 6.45) is 3.77. The molecule has 2 heterocycles. The Kier molecular flexibility index (Phi) is 3.18. The van der Waals surface area contributed by atoms with E-state index in [1.807, 2.05) is 12.1 Å². The van der Waals surface area contributed by atoms with Gasteiger partial charge in [-0.05, 0) is 30.9 Å². The molecule has 1 aliphatic rings. The third kappa shape index (κ3) is 2.15. The maximum Gasteiger partial charge on any atom is 0.122 e. The highest BCUT2D eigenvalue weighted by atomic mass is 16.5. The van der Waals surface area contributed by atoms with E-state index in [1.54, 1.807) is 6.26 Å². The predicted molar refractivity (Wildman–Crippen MR) is 52.3 cm³/mol. The summed E-state index contributed by atoms with van der Waals surface area (Å²) >= 11 is 0. The Balaban J connectivity index is 1.93. The van der Waals surface area contributed by atoms with E-state index in [1.165, 1.54) is 0 Å². The summed E-state index contributed by atoms with van der Waals surface area (Å²) in [5.41, 5.74) is 2.78. The molecule has 1 aromatic heterocycles. The number of furan rings is 1. The molecule has 14 heavy (non-hydrogen) atoms. The minimum atomic E-state index is 0.108. The van der Waals surface area contributed by atoms with Crippen molar-refractivity contribution in [3.05, 3.63) is 24.2 Å². The fraction of sp³-hybridized carbons (Fsp3) is 0.600. The Labute approximate surface area is 83.4 Å². The first-order chi connectivity index (χ1) is 6.90. The SMILES string of the molecule is NNC(CC1CCOC1)c1ccco1. The van der Waals surface area contributed by atoms with Crippen LogP contribution in [-0.2, 0) is 4.74 Å². The van der Waals surface area contributed by atoms with Gasteiger partial charge in [-0.1, -0.05) is 0 Å². The second kappa shape index (κ2) is 4.59. The van der Waals surface area contributed by atoms with Crippen molar-refractivity contribution in [2.45, 2.75) is 18.9 Å². The van der Waals surface area contributed by atoms with Gasteiger partial charge in [-0.15, -0.1) is 0 Å². The second-order valence-corrected chi connectivity index (χ2v) is 3.70. The lowest BCUT2D eigenvalue weighted by atomic mass is 9.98. The van der Waals surface area contributed by atoms with Gasteiger partial charge in [0.25, 0.3) is 0 Å². The van der Waals surface area contributed by atoms with E-state index < -0.39 is 0 Å². The molecule has 0 aliphatic carbocycles. The van der Waals surface area contributed by atoms with E-state index in [2.05, 4.69) is 5.43 Å². The van der Waals surface area contributed by atoms with Crippen LogP contribution >= 0.6 is 0 Å². The molecule has 1 aromatic rings. The van der Waals surface area contributed by atoms with Crippen LogP contribution in [0.25, 0.3) is 0 Å². The molecule has 1 aliphatic heterocycles. The standard InChI is InChI=1S/C10H16N2O2/c11-12-9(10-2-1-4-14-10)6-8-3-5-13-7-8/h1-2,4,8-9,12H,3,5-7,11H2. The lowest BCUT2D eigenvalue weighted by Crippen LogP contribution is -2.29. The smallest absolute Gasteiger partial charge is 0.122 e. The fourth-order valence-electron chi connectivity index (χ4n) is 1.86. The lowest BCUT2D eigenvalue weighted by Gasteiger charge is -2.16. The number of ether oxygens (including phenoxy) is 1. The van der Waals surface area contributed by atoms with Gasteiger partial charge in [0, 0.05) is 13.2 Å². The Morgan fingerprint density at radius 1 is 1.64 bits per heavy atom. The largest absolute Gasteiger partial charge is 0.468 e. The van der Waals surface area contributed by atoms with Crippen LogP contribution in [0.3, 0.4) is 0 Å². The topological polar surface area (TPSA) is 60.4 Å². The molecule has 4 nitrogen and oxygen atoms in total. The minimum absolute atomic E-state index is 0.108. The Morgan fingerprint density at radius 2 is 2.57 bits per heavy atom. The van der Waals surface area contributed by atoms with E-state index in [9.17, 15) is 0 Å². The van der Waals surface area contributed by atoms with Gasteiger partial charge >= 0.3 is 0 Å². The van der Waals surface area contributed by atoms with Crippen molar-refractivity contribution in [2.24, 2.45) is 11.8 Å². The van der Waals surface area contributed by atoms with Gasteiger partial charge in [0.2, 0.25) is 0 Å². The quantitative estimate of drug-likeness (QED) is 0.561. The Hall–Kier alpha value is -0.840. The highest BCUT2D eigenvalue weighted by Gasteiger charge is 2.22. The Bertz CT molecular complexity index is 255. The van der Waals surface area contributed by atoms with Crippen LogP contribution < -0.4 is 11.3 Å². The molecule has 1 fully saturated rings. The van der Waals surface area contributed by atoms with Crippen molar-refractivity contribution in [2.75, 3.05) is 13.2 Å². The van der Waals surface area contributed by atoms with Crippen LogP contribution in [0.2, 0.25) is 0 Å². The van der Waals surface area contributed by atoms with E-state index in [4.69, 9.17) is 15.0 Å². The van der Waals surface area contributed by atoms with Gasteiger partial charge in [0.1, 0.15) is 5.76 Å². The zero-order valence-electron chi connectivity index (χ0n) is 8.11. The lowest BCUT2D eigenvalue weighted by molar-refractivity contribution is 0.180.